The number of H-pyrrole nitrogens is 1. The lowest BCUT2D eigenvalue weighted by Crippen LogP contribution is -2.31. The Morgan fingerprint density at radius 3 is 3.08 bits per heavy atom. The minimum absolute atomic E-state index is 0. The predicted molar refractivity (Wildman–Crippen MR) is 99.1 cm³/mol. The summed E-state index contributed by atoms with van der Waals surface area (Å²) in [6.07, 6.45) is 5.54. The third-order valence-corrected chi connectivity index (χ3v) is 4.38. The van der Waals surface area contributed by atoms with Gasteiger partial charge in [-0.25, -0.2) is 15.0 Å². The summed E-state index contributed by atoms with van der Waals surface area (Å²) in [4.78, 5) is 30.4. The van der Waals surface area contributed by atoms with Crippen LogP contribution in [-0.4, -0.2) is 32.4 Å². The molecule has 24 heavy (non-hydrogen) atoms. The fourth-order valence-electron chi connectivity index (χ4n) is 2.45. The van der Waals surface area contributed by atoms with E-state index in [0.717, 1.165) is 22.4 Å². The minimum Gasteiger partial charge on any atom is -0.346 e. The number of hydrogen-bond donors (Lipinski definition) is 1. The first-order valence-electron chi connectivity index (χ1n) is 7.75. The Hall–Kier alpha value is -2.54. The fraction of sp³-hybridized carbons (Fsp3) is 0.294. The molecule has 0 aromatic carbocycles. The SMILES string of the molecule is C=CCN(C(=O)CC(C)C)c1nc(-c2ncnc3[nH]ccc23)cs1.[HH]. The van der Waals surface area contributed by atoms with Crippen molar-refractivity contribution in [2.45, 2.75) is 20.3 Å². The van der Waals surface area contributed by atoms with E-state index in [2.05, 4.69) is 26.5 Å². The Morgan fingerprint density at radius 2 is 2.33 bits per heavy atom. The van der Waals surface area contributed by atoms with E-state index in [4.69, 9.17) is 0 Å². The quantitative estimate of drug-likeness (QED) is 0.689. The lowest BCUT2D eigenvalue weighted by molar-refractivity contribution is -0.119. The van der Waals surface area contributed by atoms with Gasteiger partial charge in [-0.15, -0.1) is 17.9 Å². The van der Waals surface area contributed by atoms with Gasteiger partial charge in [-0.2, -0.15) is 0 Å². The van der Waals surface area contributed by atoms with E-state index in [1.807, 2.05) is 31.5 Å². The fourth-order valence-corrected chi connectivity index (χ4v) is 3.28. The maximum absolute atomic E-state index is 12.5. The van der Waals surface area contributed by atoms with E-state index in [9.17, 15) is 4.79 Å². The molecule has 0 atom stereocenters. The molecule has 1 amide bonds. The van der Waals surface area contributed by atoms with Crippen molar-refractivity contribution >= 4 is 33.4 Å². The average Bonchev–Trinajstić information content (AvgIpc) is 3.20. The maximum atomic E-state index is 12.5. The summed E-state index contributed by atoms with van der Waals surface area (Å²) < 4.78 is 0. The summed E-state index contributed by atoms with van der Waals surface area (Å²) in [5.74, 6) is 0.353. The van der Waals surface area contributed by atoms with Crippen molar-refractivity contribution in [3.05, 3.63) is 36.6 Å². The summed E-state index contributed by atoms with van der Waals surface area (Å²) in [5, 5.41) is 3.50. The normalized spacial score (nSPS) is 11.1. The summed E-state index contributed by atoms with van der Waals surface area (Å²) >= 11 is 1.43. The average molecular weight is 343 g/mol. The molecule has 0 aliphatic rings. The molecule has 126 valence electrons. The number of carbonyl (C=O) groups excluding carboxylic acids is 1. The number of amides is 1. The Labute approximate surface area is 145 Å². The number of aromatic amines is 1. The van der Waals surface area contributed by atoms with E-state index in [1.54, 1.807) is 11.0 Å². The molecule has 0 aliphatic heterocycles. The third kappa shape index (κ3) is 3.21. The van der Waals surface area contributed by atoms with Crippen LogP contribution >= 0.6 is 11.3 Å². The van der Waals surface area contributed by atoms with Gasteiger partial charge in [0.25, 0.3) is 0 Å². The lowest BCUT2D eigenvalue weighted by Gasteiger charge is -2.19. The lowest BCUT2D eigenvalue weighted by atomic mass is 10.1. The number of fused-ring (bicyclic) bond motifs is 1. The second-order valence-corrected chi connectivity index (χ2v) is 6.71. The van der Waals surface area contributed by atoms with Crippen molar-refractivity contribution in [1.29, 1.82) is 0 Å². The zero-order valence-electron chi connectivity index (χ0n) is 13.7. The first-order valence-corrected chi connectivity index (χ1v) is 8.63. The molecule has 0 spiro atoms. The highest BCUT2D eigenvalue weighted by Gasteiger charge is 2.20. The van der Waals surface area contributed by atoms with Crippen LogP contribution in [0.1, 0.15) is 21.7 Å². The molecule has 0 bridgehead atoms. The third-order valence-electron chi connectivity index (χ3n) is 3.52. The van der Waals surface area contributed by atoms with Crippen LogP contribution < -0.4 is 4.90 Å². The second kappa shape index (κ2) is 6.92. The molecule has 3 aromatic rings. The van der Waals surface area contributed by atoms with Crippen molar-refractivity contribution in [1.82, 2.24) is 19.9 Å². The summed E-state index contributed by atoms with van der Waals surface area (Å²) in [5.41, 5.74) is 2.28. The van der Waals surface area contributed by atoms with Crippen LogP contribution in [0.5, 0.6) is 0 Å². The number of anilines is 1. The molecule has 3 aromatic heterocycles. The zero-order valence-corrected chi connectivity index (χ0v) is 14.5. The molecule has 1 N–H and O–H groups in total. The topological polar surface area (TPSA) is 74.8 Å². The van der Waals surface area contributed by atoms with Crippen LogP contribution in [0.4, 0.5) is 5.13 Å². The number of rotatable bonds is 6. The van der Waals surface area contributed by atoms with Crippen LogP contribution in [0.15, 0.2) is 36.6 Å². The van der Waals surface area contributed by atoms with E-state index < -0.39 is 0 Å². The van der Waals surface area contributed by atoms with Crippen LogP contribution in [0.3, 0.4) is 0 Å². The standard InChI is InChI=1S/C17H19N5OS.H2/c1-4-7-22(14(23)8-11(2)3)17-21-13(9-24-17)15-12-5-6-18-16(12)20-10-19-15;/h4-6,9-11H,1,7-8H2,2-3H3,(H,18,19,20);1H. The summed E-state index contributed by atoms with van der Waals surface area (Å²) in [6.45, 7) is 8.25. The zero-order chi connectivity index (χ0) is 17.1. The number of aromatic nitrogens is 4. The molecule has 7 heteroatoms. The number of nitrogens with one attached hydrogen (secondary N) is 1. The van der Waals surface area contributed by atoms with Crippen molar-refractivity contribution < 1.29 is 6.22 Å². The molecular weight excluding hydrogens is 322 g/mol. The molecule has 3 heterocycles. The van der Waals surface area contributed by atoms with E-state index in [1.165, 1.54) is 17.7 Å². The maximum Gasteiger partial charge on any atom is 0.229 e. The van der Waals surface area contributed by atoms with Crippen molar-refractivity contribution in [3.8, 4) is 11.4 Å². The number of thiazole rings is 1. The molecule has 0 radical (unpaired) electrons. The second-order valence-electron chi connectivity index (χ2n) is 5.87. The molecule has 0 saturated heterocycles. The van der Waals surface area contributed by atoms with Gasteiger partial charge in [0.1, 0.15) is 23.4 Å². The van der Waals surface area contributed by atoms with Gasteiger partial charge in [0, 0.05) is 31.4 Å². The summed E-state index contributed by atoms with van der Waals surface area (Å²) in [7, 11) is 0. The molecule has 0 aliphatic carbocycles. The van der Waals surface area contributed by atoms with Gasteiger partial charge in [-0.3, -0.25) is 9.69 Å². The molecular formula is C17H21N5OS. The van der Waals surface area contributed by atoms with Gasteiger partial charge in [-0.1, -0.05) is 19.9 Å². The van der Waals surface area contributed by atoms with Crippen LogP contribution in [0.2, 0.25) is 0 Å². The smallest absolute Gasteiger partial charge is 0.229 e. The highest BCUT2D eigenvalue weighted by molar-refractivity contribution is 7.14. The molecule has 6 nitrogen and oxygen atoms in total. The molecule has 0 saturated carbocycles. The van der Waals surface area contributed by atoms with Crippen molar-refractivity contribution in [3.63, 3.8) is 0 Å². The Bertz CT molecular complexity index is 873. The van der Waals surface area contributed by atoms with Gasteiger partial charge in [-0.05, 0) is 12.0 Å². The summed E-state index contributed by atoms with van der Waals surface area (Å²) in [6, 6.07) is 1.93. The van der Waals surface area contributed by atoms with Gasteiger partial charge in [0.2, 0.25) is 5.91 Å². The van der Waals surface area contributed by atoms with Gasteiger partial charge < -0.3 is 4.98 Å². The minimum atomic E-state index is 0. The van der Waals surface area contributed by atoms with Crippen LogP contribution in [-0.2, 0) is 4.79 Å². The Balaban J connectivity index is 0.00000225. The number of hydrogen-bond acceptors (Lipinski definition) is 5. The van der Waals surface area contributed by atoms with Gasteiger partial charge in [0.15, 0.2) is 5.13 Å². The first kappa shape index (κ1) is 16.3. The van der Waals surface area contributed by atoms with E-state index >= 15 is 0 Å². The molecule has 3 rings (SSSR count). The number of nitrogens with zero attached hydrogens (tertiary/aromatic N) is 4. The number of carbonyl (C=O) groups is 1. The van der Waals surface area contributed by atoms with Gasteiger partial charge >= 0.3 is 0 Å². The highest BCUT2D eigenvalue weighted by Crippen LogP contribution is 2.30. The molecule has 0 unspecified atom stereocenters. The Morgan fingerprint density at radius 1 is 1.50 bits per heavy atom. The Kier molecular flexibility index (Phi) is 4.71. The predicted octanol–water partition coefficient (Wildman–Crippen LogP) is 3.89. The first-order chi connectivity index (χ1) is 11.6. The monoisotopic (exact) mass is 343 g/mol. The van der Waals surface area contributed by atoms with E-state index in [-0.39, 0.29) is 7.33 Å². The molecule has 0 fully saturated rings. The van der Waals surface area contributed by atoms with E-state index in [0.29, 0.717) is 24.0 Å². The largest absolute Gasteiger partial charge is 0.346 e. The van der Waals surface area contributed by atoms with Crippen molar-refractivity contribution in [2.75, 3.05) is 11.4 Å². The van der Waals surface area contributed by atoms with Crippen LogP contribution in [0, 0.1) is 5.92 Å². The van der Waals surface area contributed by atoms with Crippen LogP contribution in [0.25, 0.3) is 22.4 Å². The van der Waals surface area contributed by atoms with Crippen molar-refractivity contribution in [2.24, 2.45) is 5.92 Å². The highest BCUT2D eigenvalue weighted by atomic mass is 32.1. The van der Waals surface area contributed by atoms with Gasteiger partial charge in [0.05, 0.1) is 0 Å².